The molecular weight excluding hydrogens is 302 g/mol. The Hall–Kier alpha value is -0.770. The smallest absolute Gasteiger partial charge is 0.248 e. The zero-order chi connectivity index (χ0) is 13.3. The molecule has 4 heteroatoms. The third kappa shape index (κ3) is 3.16. The Kier molecular flexibility index (Phi) is 3.85. The van der Waals surface area contributed by atoms with E-state index < -0.39 is 5.92 Å². The van der Waals surface area contributed by atoms with Crippen molar-refractivity contribution in [3.63, 3.8) is 0 Å². The Labute approximate surface area is 114 Å². The molecule has 1 aliphatic rings. The summed E-state index contributed by atoms with van der Waals surface area (Å²) in [5.74, 6) is -2.79. The van der Waals surface area contributed by atoms with Gasteiger partial charge in [-0.3, -0.25) is 4.79 Å². The molecule has 1 atom stereocenters. The summed E-state index contributed by atoms with van der Waals surface area (Å²) >= 11 is 3.37. The maximum Gasteiger partial charge on any atom is 0.248 e. The van der Waals surface area contributed by atoms with Crippen LogP contribution in [0.25, 0.3) is 0 Å². The van der Waals surface area contributed by atoms with Crippen molar-refractivity contribution < 1.29 is 13.6 Å². The molecule has 1 aromatic rings. The highest BCUT2D eigenvalue weighted by Crippen LogP contribution is 2.40. The zero-order valence-electron chi connectivity index (χ0n) is 10.2. The van der Waals surface area contributed by atoms with E-state index in [-0.39, 0.29) is 31.0 Å². The number of carbonyl (C=O) groups is 1. The van der Waals surface area contributed by atoms with Crippen LogP contribution in [-0.2, 0) is 0 Å². The first-order valence-electron chi connectivity index (χ1n) is 6.04. The standard InChI is InChI=1S/C14H15BrF2O/c1-9-2-3-11(7-12(9)15)13(18)6-10-4-5-14(16,17)8-10/h2-3,7,10H,4-6,8H2,1H3. The summed E-state index contributed by atoms with van der Waals surface area (Å²) in [5, 5.41) is 0. The van der Waals surface area contributed by atoms with Gasteiger partial charge in [0.15, 0.2) is 5.78 Å². The van der Waals surface area contributed by atoms with Crippen LogP contribution in [0.1, 0.15) is 41.6 Å². The first kappa shape index (κ1) is 13.7. The predicted octanol–water partition coefficient (Wildman–Crippen LogP) is 4.77. The number of ketones is 1. The topological polar surface area (TPSA) is 17.1 Å². The van der Waals surface area contributed by atoms with Crippen molar-refractivity contribution >= 4 is 21.7 Å². The Morgan fingerprint density at radius 2 is 2.22 bits per heavy atom. The van der Waals surface area contributed by atoms with Crippen molar-refractivity contribution in [3.8, 4) is 0 Å². The molecule has 1 unspecified atom stereocenters. The van der Waals surface area contributed by atoms with Crippen LogP contribution in [0.4, 0.5) is 8.78 Å². The monoisotopic (exact) mass is 316 g/mol. The first-order valence-corrected chi connectivity index (χ1v) is 6.84. The number of halogens is 3. The third-order valence-electron chi connectivity index (χ3n) is 3.47. The second-order valence-electron chi connectivity index (χ2n) is 5.06. The highest BCUT2D eigenvalue weighted by molar-refractivity contribution is 9.10. The van der Waals surface area contributed by atoms with Crippen LogP contribution in [0.2, 0.25) is 0 Å². The summed E-state index contributed by atoms with van der Waals surface area (Å²) in [7, 11) is 0. The average Bonchev–Trinajstić information content (AvgIpc) is 2.62. The Bertz CT molecular complexity index is 471. The van der Waals surface area contributed by atoms with Crippen molar-refractivity contribution in [3.05, 3.63) is 33.8 Å². The minimum absolute atomic E-state index is 0.0431. The molecule has 1 aliphatic carbocycles. The van der Waals surface area contributed by atoms with Crippen molar-refractivity contribution in [2.24, 2.45) is 5.92 Å². The van der Waals surface area contributed by atoms with Crippen LogP contribution in [0.5, 0.6) is 0 Å². The van der Waals surface area contributed by atoms with Crippen LogP contribution in [0, 0.1) is 12.8 Å². The average molecular weight is 317 g/mol. The minimum Gasteiger partial charge on any atom is -0.294 e. The van der Waals surface area contributed by atoms with E-state index in [0.717, 1.165) is 10.0 Å². The van der Waals surface area contributed by atoms with E-state index in [1.807, 2.05) is 13.0 Å². The molecule has 0 aromatic heterocycles. The van der Waals surface area contributed by atoms with Gasteiger partial charge in [-0.1, -0.05) is 28.1 Å². The predicted molar refractivity (Wildman–Crippen MR) is 70.1 cm³/mol. The summed E-state index contributed by atoms with van der Waals surface area (Å²) in [6.07, 6.45) is 0.450. The fourth-order valence-electron chi connectivity index (χ4n) is 2.36. The van der Waals surface area contributed by atoms with E-state index in [9.17, 15) is 13.6 Å². The number of rotatable bonds is 3. The summed E-state index contributed by atoms with van der Waals surface area (Å²) in [4.78, 5) is 12.0. The third-order valence-corrected chi connectivity index (χ3v) is 4.33. The summed E-state index contributed by atoms with van der Waals surface area (Å²) in [6, 6.07) is 5.39. The second kappa shape index (κ2) is 5.08. The molecule has 1 aromatic carbocycles. The van der Waals surface area contributed by atoms with Gasteiger partial charge in [-0.15, -0.1) is 0 Å². The van der Waals surface area contributed by atoms with Gasteiger partial charge in [-0.25, -0.2) is 8.78 Å². The molecule has 0 amide bonds. The molecule has 2 rings (SSSR count). The molecule has 0 aliphatic heterocycles. The SMILES string of the molecule is Cc1ccc(C(=O)CC2CCC(F)(F)C2)cc1Br. The molecule has 0 saturated heterocycles. The zero-order valence-corrected chi connectivity index (χ0v) is 11.8. The Morgan fingerprint density at radius 3 is 2.78 bits per heavy atom. The molecule has 0 heterocycles. The van der Waals surface area contributed by atoms with Crippen LogP contribution in [0.3, 0.4) is 0 Å². The Balaban J connectivity index is 2.02. The summed E-state index contributed by atoms with van der Waals surface area (Å²) in [5.41, 5.74) is 1.65. The van der Waals surface area contributed by atoms with Gasteiger partial charge in [0.2, 0.25) is 5.92 Å². The molecular formula is C14H15BrF2O. The van der Waals surface area contributed by atoms with E-state index in [4.69, 9.17) is 0 Å². The lowest BCUT2D eigenvalue weighted by molar-refractivity contribution is 0.00497. The fraction of sp³-hybridized carbons (Fsp3) is 0.500. The molecule has 0 N–H and O–H groups in total. The maximum absolute atomic E-state index is 13.0. The lowest BCUT2D eigenvalue weighted by Gasteiger charge is -2.10. The van der Waals surface area contributed by atoms with E-state index in [2.05, 4.69) is 15.9 Å². The van der Waals surface area contributed by atoms with Gasteiger partial charge >= 0.3 is 0 Å². The van der Waals surface area contributed by atoms with Gasteiger partial charge in [0.05, 0.1) is 0 Å². The molecule has 1 nitrogen and oxygen atoms in total. The molecule has 1 fully saturated rings. The van der Waals surface area contributed by atoms with Crippen LogP contribution >= 0.6 is 15.9 Å². The van der Waals surface area contributed by atoms with Crippen molar-refractivity contribution in [1.29, 1.82) is 0 Å². The molecule has 98 valence electrons. The first-order chi connectivity index (χ1) is 8.37. The van der Waals surface area contributed by atoms with Gasteiger partial charge < -0.3 is 0 Å². The van der Waals surface area contributed by atoms with E-state index >= 15 is 0 Å². The number of alkyl halides is 2. The van der Waals surface area contributed by atoms with Gasteiger partial charge in [0, 0.05) is 29.3 Å². The van der Waals surface area contributed by atoms with Crippen molar-refractivity contribution in [2.75, 3.05) is 0 Å². The number of hydrogen-bond donors (Lipinski definition) is 0. The highest BCUT2D eigenvalue weighted by atomic mass is 79.9. The molecule has 18 heavy (non-hydrogen) atoms. The number of aryl methyl sites for hydroxylation is 1. The minimum atomic E-state index is -2.57. The lowest BCUT2D eigenvalue weighted by Crippen LogP contribution is -2.12. The van der Waals surface area contributed by atoms with Crippen molar-refractivity contribution in [1.82, 2.24) is 0 Å². The van der Waals surface area contributed by atoms with Crippen LogP contribution < -0.4 is 0 Å². The molecule has 0 spiro atoms. The number of benzene rings is 1. The second-order valence-corrected chi connectivity index (χ2v) is 5.91. The van der Waals surface area contributed by atoms with Gasteiger partial charge in [-0.05, 0) is 30.9 Å². The highest BCUT2D eigenvalue weighted by Gasteiger charge is 2.39. The largest absolute Gasteiger partial charge is 0.294 e. The number of carbonyl (C=O) groups excluding carboxylic acids is 1. The Morgan fingerprint density at radius 1 is 1.50 bits per heavy atom. The van der Waals surface area contributed by atoms with Crippen LogP contribution in [0.15, 0.2) is 22.7 Å². The van der Waals surface area contributed by atoms with Gasteiger partial charge in [0.25, 0.3) is 0 Å². The molecule has 0 bridgehead atoms. The van der Waals surface area contributed by atoms with Gasteiger partial charge in [-0.2, -0.15) is 0 Å². The van der Waals surface area contributed by atoms with Gasteiger partial charge in [0.1, 0.15) is 0 Å². The fourth-order valence-corrected chi connectivity index (χ4v) is 2.74. The summed E-state index contributed by atoms with van der Waals surface area (Å²) in [6.45, 7) is 1.94. The maximum atomic E-state index is 13.0. The molecule has 0 radical (unpaired) electrons. The number of Topliss-reactive ketones (excluding diaryl/α,β-unsaturated/α-hetero) is 1. The van der Waals surface area contributed by atoms with E-state index in [0.29, 0.717) is 12.0 Å². The normalized spacial score (nSPS) is 22.1. The molecule has 1 saturated carbocycles. The summed E-state index contributed by atoms with van der Waals surface area (Å²) < 4.78 is 27.0. The van der Waals surface area contributed by atoms with Crippen LogP contribution in [-0.4, -0.2) is 11.7 Å². The van der Waals surface area contributed by atoms with E-state index in [1.165, 1.54) is 0 Å². The lowest BCUT2D eigenvalue weighted by atomic mass is 9.96. The quantitative estimate of drug-likeness (QED) is 0.734. The van der Waals surface area contributed by atoms with E-state index in [1.54, 1.807) is 12.1 Å². The van der Waals surface area contributed by atoms with Crippen molar-refractivity contribution in [2.45, 2.75) is 38.5 Å². The number of hydrogen-bond acceptors (Lipinski definition) is 1.